The third-order valence-corrected chi connectivity index (χ3v) is 9.10. The molecule has 0 bridgehead atoms. The van der Waals surface area contributed by atoms with Crippen molar-refractivity contribution in [1.82, 2.24) is 9.80 Å². The van der Waals surface area contributed by atoms with Crippen molar-refractivity contribution in [3.05, 3.63) is 85.9 Å². The molecule has 0 aliphatic carbocycles. The molecule has 1 amide bonds. The van der Waals surface area contributed by atoms with Crippen molar-refractivity contribution < 1.29 is 40.6 Å². The van der Waals surface area contributed by atoms with Gasteiger partial charge in [-0.25, -0.2) is 0 Å². The second kappa shape index (κ2) is 13.2. The Bertz CT molecular complexity index is 1550. The van der Waals surface area contributed by atoms with Crippen molar-refractivity contribution in [2.75, 3.05) is 39.8 Å². The van der Waals surface area contributed by atoms with Crippen LogP contribution >= 0.6 is 23.1 Å². The monoisotopic (exact) mass is 655 g/mol. The first kappa shape index (κ1) is 31.9. The normalized spacial score (nSPS) is 17.3. The Hall–Kier alpha value is -3.49. The molecule has 44 heavy (non-hydrogen) atoms. The quantitative estimate of drug-likeness (QED) is 0.189. The molecule has 0 unspecified atom stereocenters. The number of thioether (sulfide) groups is 1. The molecule has 3 heterocycles. The summed E-state index contributed by atoms with van der Waals surface area (Å²) in [6, 6.07) is 10.2. The summed E-state index contributed by atoms with van der Waals surface area (Å²) < 4.78 is 90.4. The Balaban J connectivity index is 1.21. The minimum absolute atomic E-state index is 0.0735. The van der Waals surface area contributed by atoms with Gasteiger partial charge in [0.15, 0.2) is 16.7 Å². The summed E-state index contributed by atoms with van der Waals surface area (Å²) in [5.74, 6) is -0.108. The lowest BCUT2D eigenvalue weighted by atomic mass is 10.0. The van der Waals surface area contributed by atoms with E-state index in [2.05, 4.69) is 32.3 Å². The summed E-state index contributed by atoms with van der Waals surface area (Å²) in [6.45, 7) is 3.59. The van der Waals surface area contributed by atoms with Crippen LogP contribution in [0, 0.1) is 0 Å². The maximum atomic E-state index is 13.5. The maximum Gasteiger partial charge on any atom is 0.416 e. The number of benzene rings is 2. The summed E-state index contributed by atoms with van der Waals surface area (Å²) in [5.41, 5.74) is -2.72. The second-order valence-corrected chi connectivity index (χ2v) is 12.1. The summed E-state index contributed by atoms with van der Waals surface area (Å²) in [6.07, 6.45) is -7.28. The van der Waals surface area contributed by atoms with Crippen LogP contribution in [-0.2, 0) is 30.2 Å². The van der Waals surface area contributed by atoms with E-state index < -0.39 is 35.6 Å². The molecule has 0 saturated carbocycles. The van der Waals surface area contributed by atoms with E-state index in [0.29, 0.717) is 21.7 Å². The molecule has 2 aliphatic heterocycles. The van der Waals surface area contributed by atoms with Crippen LogP contribution in [0.2, 0.25) is 0 Å². The van der Waals surface area contributed by atoms with Crippen LogP contribution in [0.25, 0.3) is 6.08 Å². The maximum absolute atomic E-state index is 13.5. The minimum atomic E-state index is -5.01. The number of nitrogens with zero attached hydrogens (tertiary/aromatic N) is 3. The van der Waals surface area contributed by atoms with E-state index in [1.54, 1.807) is 29.5 Å². The van der Waals surface area contributed by atoms with Crippen LogP contribution in [0.5, 0.6) is 11.5 Å². The molecule has 0 atom stereocenters. The lowest BCUT2D eigenvalue weighted by Gasteiger charge is -2.35. The highest BCUT2D eigenvalue weighted by Gasteiger charge is 2.38. The summed E-state index contributed by atoms with van der Waals surface area (Å²) in [7, 11) is 1.34. The minimum Gasteiger partial charge on any atom is -0.493 e. The number of methoxy groups -OCH3 is 1. The Labute approximate surface area is 258 Å². The van der Waals surface area contributed by atoms with E-state index in [1.807, 2.05) is 0 Å². The van der Waals surface area contributed by atoms with Gasteiger partial charge >= 0.3 is 12.4 Å². The standard InChI is InChI=1S/C30H27F6N3O3S2/c1-41-25-15-19(4-7-24(25)42-18-20-5-6-21(29(31,32)33)17-23(20)30(34,35)36)16-26-27(40)37-28(44-26)39-12-10-38(11-13-39)9-8-22-3-2-14-43-22/h2-7,14-17H,8-13,18H2,1H3/b26-16+. The Morgan fingerprint density at radius 3 is 2.39 bits per heavy atom. The number of hydrogen-bond donors (Lipinski definition) is 0. The van der Waals surface area contributed by atoms with E-state index in [1.165, 1.54) is 29.8 Å². The number of alkyl halides is 6. The number of piperazine rings is 1. The molecule has 2 aromatic carbocycles. The summed E-state index contributed by atoms with van der Waals surface area (Å²) in [5, 5.41) is 2.72. The molecule has 0 N–H and O–H groups in total. The zero-order valence-electron chi connectivity index (χ0n) is 23.4. The Kier molecular flexibility index (Phi) is 9.61. The average Bonchev–Trinajstić information content (AvgIpc) is 3.64. The predicted octanol–water partition coefficient (Wildman–Crippen LogP) is 7.20. The van der Waals surface area contributed by atoms with Gasteiger partial charge in [-0.1, -0.05) is 18.2 Å². The Morgan fingerprint density at radius 1 is 0.955 bits per heavy atom. The van der Waals surface area contributed by atoms with Crippen molar-refractivity contribution in [3.63, 3.8) is 0 Å². The SMILES string of the molecule is COc1cc(/C=C2/SC(N3CCN(CCc4cccs4)CC3)=NC2=O)ccc1OCc1ccc(C(F)(F)F)cc1C(F)(F)F. The van der Waals surface area contributed by atoms with Gasteiger partial charge < -0.3 is 14.4 Å². The van der Waals surface area contributed by atoms with Crippen molar-refractivity contribution in [1.29, 1.82) is 0 Å². The van der Waals surface area contributed by atoms with Crippen molar-refractivity contribution in [3.8, 4) is 11.5 Å². The number of thiophene rings is 1. The smallest absolute Gasteiger partial charge is 0.416 e. The molecule has 0 spiro atoms. The molecule has 1 aromatic heterocycles. The molecule has 14 heteroatoms. The molecule has 6 nitrogen and oxygen atoms in total. The van der Waals surface area contributed by atoms with Gasteiger partial charge in [0.1, 0.15) is 6.61 Å². The lowest BCUT2D eigenvalue weighted by molar-refractivity contribution is -0.143. The number of ether oxygens (including phenoxy) is 2. The second-order valence-electron chi connectivity index (χ2n) is 10.0. The number of amidine groups is 1. The predicted molar refractivity (Wildman–Crippen MR) is 158 cm³/mol. The number of amides is 1. The fourth-order valence-electron chi connectivity index (χ4n) is 4.76. The van der Waals surface area contributed by atoms with Gasteiger partial charge in [-0.2, -0.15) is 31.3 Å². The fourth-order valence-corrected chi connectivity index (χ4v) is 6.42. The van der Waals surface area contributed by atoms with Crippen LogP contribution in [-0.4, -0.2) is 60.7 Å². The van der Waals surface area contributed by atoms with Gasteiger partial charge in [-0.15, -0.1) is 11.3 Å². The molecule has 2 aliphatic rings. The first-order valence-corrected chi connectivity index (χ1v) is 15.2. The molecule has 234 valence electrons. The van der Waals surface area contributed by atoms with E-state index in [0.717, 1.165) is 45.2 Å². The van der Waals surface area contributed by atoms with Gasteiger partial charge in [0.25, 0.3) is 5.91 Å². The third kappa shape index (κ3) is 7.77. The summed E-state index contributed by atoms with van der Waals surface area (Å²) in [4.78, 5) is 23.2. The molecule has 3 aromatic rings. The largest absolute Gasteiger partial charge is 0.493 e. The number of hydrogen-bond acceptors (Lipinski definition) is 7. The van der Waals surface area contributed by atoms with E-state index in [4.69, 9.17) is 9.47 Å². The van der Waals surface area contributed by atoms with Gasteiger partial charge in [0.2, 0.25) is 0 Å². The number of aliphatic imine (C=N–C) groups is 1. The highest BCUT2D eigenvalue weighted by atomic mass is 32.2. The topological polar surface area (TPSA) is 54.4 Å². The van der Waals surface area contributed by atoms with Crippen molar-refractivity contribution >= 4 is 40.2 Å². The number of carbonyl (C=O) groups is 1. The van der Waals surface area contributed by atoms with Crippen LogP contribution in [0.4, 0.5) is 26.3 Å². The molecular weight excluding hydrogens is 628 g/mol. The van der Waals surface area contributed by atoms with Gasteiger partial charge in [-0.05, 0) is 65.5 Å². The van der Waals surface area contributed by atoms with E-state index in [-0.39, 0.29) is 23.5 Å². The van der Waals surface area contributed by atoms with Crippen LogP contribution in [0.1, 0.15) is 27.1 Å². The zero-order valence-corrected chi connectivity index (χ0v) is 25.0. The summed E-state index contributed by atoms with van der Waals surface area (Å²) >= 11 is 3.03. The molecule has 0 radical (unpaired) electrons. The third-order valence-electron chi connectivity index (χ3n) is 7.12. The molecule has 1 fully saturated rings. The van der Waals surface area contributed by atoms with Crippen LogP contribution in [0.3, 0.4) is 0 Å². The van der Waals surface area contributed by atoms with Crippen molar-refractivity contribution in [2.45, 2.75) is 25.4 Å². The first-order chi connectivity index (χ1) is 20.9. The van der Waals surface area contributed by atoms with E-state index >= 15 is 0 Å². The fraction of sp³-hybridized carbons (Fsp3) is 0.333. The number of rotatable bonds is 8. The first-order valence-electron chi connectivity index (χ1n) is 13.5. The van der Waals surface area contributed by atoms with Gasteiger partial charge in [0, 0.05) is 43.2 Å². The van der Waals surface area contributed by atoms with Gasteiger partial charge in [-0.3, -0.25) is 9.69 Å². The zero-order chi connectivity index (χ0) is 31.5. The number of halogens is 6. The van der Waals surface area contributed by atoms with Gasteiger partial charge in [0.05, 0.1) is 23.1 Å². The van der Waals surface area contributed by atoms with Crippen LogP contribution in [0.15, 0.2) is 63.8 Å². The molecule has 5 rings (SSSR count). The number of carbonyl (C=O) groups excluding carboxylic acids is 1. The Morgan fingerprint density at radius 2 is 1.73 bits per heavy atom. The highest BCUT2D eigenvalue weighted by molar-refractivity contribution is 8.18. The molecular formula is C30H27F6N3O3S2. The van der Waals surface area contributed by atoms with Crippen molar-refractivity contribution in [2.24, 2.45) is 4.99 Å². The lowest BCUT2D eigenvalue weighted by Crippen LogP contribution is -2.48. The average molecular weight is 656 g/mol. The van der Waals surface area contributed by atoms with Crippen LogP contribution < -0.4 is 9.47 Å². The highest BCUT2D eigenvalue weighted by Crippen LogP contribution is 2.39. The van der Waals surface area contributed by atoms with E-state index in [9.17, 15) is 31.1 Å². The molecule has 1 saturated heterocycles.